The molecule has 2 N–H and O–H groups in total. The number of allylic oxidation sites excluding steroid dienone is 2. The van der Waals surface area contributed by atoms with E-state index in [-0.39, 0.29) is 11.7 Å². The summed E-state index contributed by atoms with van der Waals surface area (Å²) in [6, 6.07) is 0. The van der Waals surface area contributed by atoms with Gasteiger partial charge in [0.2, 0.25) is 0 Å². The highest BCUT2D eigenvalue weighted by molar-refractivity contribution is 5.78. The van der Waals surface area contributed by atoms with E-state index in [1.165, 1.54) is 6.08 Å². The Morgan fingerprint density at radius 3 is 2.54 bits per heavy atom. The molecule has 0 fully saturated rings. The van der Waals surface area contributed by atoms with Crippen LogP contribution < -0.4 is 0 Å². The zero-order valence-corrected chi connectivity index (χ0v) is 7.82. The molecule has 0 radical (unpaired) electrons. The zero-order valence-electron chi connectivity index (χ0n) is 7.82. The quantitative estimate of drug-likeness (QED) is 0.687. The van der Waals surface area contributed by atoms with E-state index in [1.807, 2.05) is 13.8 Å². The molecule has 1 aliphatic carbocycles. The van der Waals surface area contributed by atoms with E-state index in [0.29, 0.717) is 6.42 Å². The second-order valence-electron chi connectivity index (χ2n) is 3.67. The molecule has 0 heterocycles. The standard InChI is InChI=1S/C10H14O3/c1-7(2)10(9(12)13)5-3-8(11)4-6-10/h3-5,7,11H,6H2,1-2H3,(H,12,13). The third-order valence-corrected chi connectivity index (χ3v) is 2.63. The van der Waals surface area contributed by atoms with Crippen LogP contribution in [0.15, 0.2) is 24.0 Å². The lowest BCUT2D eigenvalue weighted by atomic mass is 9.72. The SMILES string of the molecule is CC(C)C1(C(=O)O)C=CC(O)=CC1. The van der Waals surface area contributed by atoms with Gasteiger partial charge in [0.25, 0.3) is 0 Å². The summed E-state index contributed by atoms with van der Waals surface area (Å²) in [6.45, 7) is 3.74. The van der Waals surface area contributed by atoms with Crippen molar-refractivity contribution < 1.29 is 15.0 Å². The summed E-state index contributed by atoms with van der Waals surface area (Å²) in [6.07, 6.45) is 4.95. The van der Waals surface area contributed by atoms with Crippen molar-refractivity contribution in [3.05, 3.63) is 24.0 Å². The van der Waals surface area contributed by atoms with Crippen LogP contribution in [0.4, 0.5) is 0 Å². The second-order valence-corrected chi connectivity index (χ2v) is 3.67. The fourth-order valence-corrected chi connectivity index (χ4v) is 1.48. The first-order chi connectivity index (χ1) is 5.99. The van der Waals surface area contributed by atoms with E-state index in [0.717, 1.165) is 0 Å². The molecule has 0 saturated carbocycles. The molecule has 1 atom stereocenters. The summed E-state index contributed by atoms with van der Waals surface area (Å²) in [5.74, 6) is -0.661. The van der Waals surface area contributed by atoms with Crippen LogP contribution in [0.5, 0.6) is 0 Å². The minimum absolute atomic E-state index is 0.0191. The lowest BCUT2D eigenvalue weighted by molar-refractivity contribution is -0.148. The Hall–Kier alpha value is -1.25. The van der Waals surface area contributed by atoms with E-state index >= 15 is 0 Å². The molecule has 0 amide bonds. The largest absolute Gasteiger partial charge is 0.508 e. The molecule has 0 aromatic carbocycles. The molecule has 0 saturated heterocycles. The molecule has 0 aromatic rings. The van der Waals surface area contributed by atoms with Crippen LogP contribution in [0.1, 0.15) is 20.3 Å². The predicted molar refractivity (Wildman–Crippen MR) is 49.4 cm³/mol. The molecule has 1 rings (SSSR count). The molecular weight excluding hydrogens is 168 g/mol. The van der Waals surface area contributed by atoms with Crippen molar-refractivity contribution in [3.8, 4) is 0 Å². The fraction of sp³-hybridized carbons (Fsp3) is 0.500. The second kappa shape index (κ2) is 3.24. The molecule has 0 aliphatic heterocycles. The maximum Gasteiger partial charge on any atom is 0.314 e. The minimum Gasteiger partial charge on any atom is -0.508 e. The third kappa shape index (κ3) is 1.59. The highest BCUT2D eigenvalue weighted by Gasteiger charge is 2.39. The Labute approximate surface area is 77.4 Å². The number of carboxylic acid groups (broad SMARTS) is 1. The Morgan fingerprint density at radius 1 is 1.62 bits per heavy atom. The van der Waals surface area contributed by atoms with Crippen molar-refractivity contribution >= 4 is 5.97 Å². The van der Waals surface area contributed by atoms with Crippen molar-refractivity contribution in [1.82, 2.24) is 0 Å². The zero-order chi connectivity index (χ0) is 10.1. The Kier molecular flexibility index (Phi) is 2.45. The van der Waals surface area contributed by atoms with Crippen molar-refractivity contribution in [2.24, 2.45) is 11.3 Å². The van der Waals surface area contributed by atoms with E-state index in [1.54, 1.807) is 12.2 Å². The molecule has 3 heteroatoms. The van der Waals surface area contributed by atoms with Gasteiger partial charge >= 0.3 is 5.97 Å². The van der Waals surface area contributed by atoms with Crippen LogP contribution in [-0.4, -0.2) is 16.2 Å². The number of aliphatic hydroxyl groups excluding tert-OH is 1. The van der Waals surface area contributed by atoms with Gasteiger partial charge < -0.3 is 10.2 Å². The van der Waals surface area contributed by atoms with Crippen molar-refractivity contribution in [2.75, 3.05) is 0 Å². The summed E-state index contributed by atoms with van der Waals surface area (Å²) in [5, 5.41) is 18.2. The van der Waals surface area contributed by atoms with Crippen LogP contribution in [-0.2, 0) is 4.79 Å². The molecule has 1 aliphatic rings. The minimum atomic E-state index is -0.841. The Morgan fingerprint density at radius 2 is 2.23 bits per heavy atom. The molecular formula is C10H14O3. The average Bonchev–Trinajstić information content (AvgIpc) is 2.04. The fourth-order valence-electron chi connectivity index (χ4n) is 1.48. The first-order valence-corrected chi connectivity index (χ1v) is 4.31. The van der Waals surface area contributed by atoms with Gasteiger partial charge in [-0.15, -0.1) is 0 Å². The lowest BCUT2D eigenvalue weighted by Gasteiger charge is -2.30. The van der Waals surface area contributed by atoms with Gasteiger partial charge in [0, 0.05) is 0 Å². The molecule has 1 unspecified atom stereocenters. The third-order valence-electron chi connectivity index (χ3n) is 2.63. The molecule has 0 bridgehead atoms. The maximum atomic E-state index is 11.1. The van der Waals surface area contributed by atoms with Gasteiger partial charge in [-0.25, -0.2) is 0 Å². The van der Waals surface area contributed by atoms with E-state index in [9.17, 15) is 4.79 Å². The molecule has 0 spiro atoms. The van der Waals surface area contributed by atoms with Crippen LogP contribution in [0.3, 0.4) is 0 Å². The monoisotopic (exact) mass is 182 g/mol. The number of hydrogen-bond donors (Lipinski definition) is 2. The normalized spacial score (nSPS) is 27.5. The van der Waals surface area contributed by atoms with Crippen molar-refractivity contribution in [2.45, 2.75) is 20.3 Å². The predicted octanol–water partition coefficient (Wildman–Crippen LogP) is 2.12. The maximum absolute atomic E-state index is 11.1. The molecule has 13 heavy (non-hydrogen) atoms. The van der Waals surface area contributed by atoms with E-state index in [4.69, 9.17) is 10.2 Å². The van der Waals surface area contributed by atoms with Crippen LogP contribution in [0.25, 0.3) is 0 Å². The Bertz CT molecular complexity index is 276. The Balaban J connectivity index is 2.98. The number of aliphatic hydroxyl groups is 1. The molecule has 72 valence electrons. The number of carbonyl (C=O) groups is 1. The first-order valence-electron chi connectivity index (χ1n) is 4.31. The summed E-state index contributed by atoms with van der Waals surface area (Å²) in [4.78, 5) is 11.1. The summed E-state index contributed by atoms with van der Waals surface area (Å²) >= 11 is 0. The van der Waals surface area contributed by atoms with Crippen molar-refractivity contribution in [1.29, 1.82) is 0 Å². The highest BCUT2D eigenvalue weighted by atomic mass is 16.4. The van der Waals surface area contributed by atoms with E-state index in [2.05, 4.69) is 0 Å². The van der Waals surface area contributed by atoms with Crippen LogP contribution in [0.2, 0.25) is 0 Å². The number of aliphatic carboxylic acids is 1. The topological polar surface area (TPSA) is 57.5 Å². The van der Waals surface area contributed by atoms with Gasteiger partial charge in [0.15, 0.2) is 0 Å². The van der Waals surface area contributed by atoms with Gasteiger partial charge in [-0.3, -0.25) is 4.79 Å². The highest BCUT2D eigenvalue weighted by Crippen LogP contribution is 2.37. The number of carboxylic acids is 1. The summed E-state index contributed by atoms with van der Waals surface area (Å²) < 4.78 is 0. The van der Waals surface area contributed by atoms with Gasteiger partial charge in [0.1, 0.15) is 5.76 Å². The summed E-state index contributed by atoms with van der Waals surface area (Å²) in [5.41, 5.74) is -0.841. The van der Waals surface area contributed by atoms with Crippen molar-refractivity contribution in [3.63, 3.8) is 0 Å². The summed E-state index contributed by atoms with van der Waals surface area (Å²) in [7, 11) is 0. The smallest absolute Gasteiger partial charge is 0.314 e. The molecule has 0 aromatic heterocycles. The molecule has 3 nitrogen and oxygen atoms in total. The number of rotatable bonds is 2. The van der Waals surface area contributed by atoms with Gasteiger partial charge in [-0.2, -0.15) is 0 Å². The van der Waals surface area contributed by atoms with Gasteiger partial charge in [-0.05, 0) is 24.5 Å². The van der Waals surface area contributed by atoms with Crippen LogP contribution in [0, 0.1) is 11.3 Å². The van der Waals surface area contributed by atoms with E-state index < -0.39 is 11.4 Å². The van der Waals surface area contributed by atoms with Gasteiger partial charge in [-0.1, -0.05) is 19.9 Å². The first kappa shape index (κ1) is 9.84. The van der Waals surface area contributed by atoms with Crippen LogP contribution >= 0.6 is 0 Å². The van der Waals surface area contributed by atoms with Gasteiger partial charge in [0.05, 0.1) is 5.41 Å². The lowest BCUT2D eigenvalue weighted by Crippen LogP contribution is -2.35. The average molecular weight is 182 g/mol. The number of hydrogen-bond acceptors (Lipinski definition) is 2.